The van der Waals surface area contributed by atoms with Gasteiger partial charge in [-0.3, -0.25) is 0 Å². The molecule has 21 heavy (non-hydrogen) atoms. The first kappa shape index (κ1) is 12.8. The molecule has 108 valence electrons. The zero-order chi connectivity index (χ0) is 14.4. The molecule has 3 unspecified atom stereocenters. The van der Waals surface area contributed by atoms with Gasteiger partial charge in [0.05, 0.1) is 0 Å². The molecule has 4 rings (SSSR count). The summed E-state index contributed by atoms with van der Waals surface area (Å²) in [7, 11) is 0. The smallest absolute Gasteiger partial charge is 0.127 e. The largest absolute Gasteiger partial charge is 0.508 e. The number of rotatable bonds is 1. The van der Waals surface area contributed by atoms with E-state index in [-0.39, 0.29) is 23.5 Å². The number of hydrogen-bond acceptors (Lipinski definition) is 2. The fourth-order valence-corrected chi connectivity index (χ4v) is 4.08. The maximum absolute atomic E-state index is 14.3. The number of phenolic OH excluding ortho intramolecular Hbond substituents is 1. The Kier molecular flexibility index (Phi) is 2.96. The summed E-state index contributed by atoms with van der Waals surface area (Å²) in [5.74, 6) is 0.605. The van der Waals surface area contributed by atoms with Gasteiger partial charge < -0.3 is 10.4 Å². The highest BCUT2D eigenvalue weighted by Crippen LogP contribution is 2.52. The lowest BCUT2D eigenvalue weighted by atomic mass is 9.80. The van der Waals surface area contributed by atoms with Crippen LogP contribution in [-0.4, -0.2) is 11.7 Å². The number of nitrogens with one attached hydrogen (secondary N) is 1. The first-order valence-electron chi connectivity index (χ1n) is 7.56. The lowest BCUT2D eigenvalue weighted by Crippen LogP contribution is -2.33. The summed E-state index contributed by atoms with van der Waals surface area (Å²) in [6.45, 7) is 0.986. The van der Waals surface area contributed by atoms with Crippen LogP contribution in [0.2, 0.25) is 0 Å². The van der Waals surface area contributed by atoms with Crippen molar-refractivity contribution in [2.45, 2.75) is 24.8 Å². The number of halogens is 1. The highest BCUT2D eigenvalue weighted by Gasteiger charge is 2.43. The summed E-state index contributed by atoms with van der Waals surface area (Å²) in [5.41, 5.74) is 3.07. The lowest BCUT2D eigenvalue weighted by Gasteiger charge is -2.31. The number of fused-ring (bicyclic) bond motifs is 3. The fourth-order valence-electron chi connectivity index (χ4n) is 4.08. The minimum atomic E-state index is -0.132. The predicted octanol–water partition coefficient (Wildman–Crippen LogP) is 3.72. The molecule has 1 saturated heterocycles. The van der Waals surface area contributed by atoms with E-state index in [1.807, 2.05) is 24.3 Å². The van der Waals surface area contributed by atoms with Gasteiger partial charge in [-0.15, -0.1) is 0 Å². The van der Waals surface area contributed by atoms with Crippen LogP contribution in [0.5, 0.6) is 5.75 Å². The van der Waals surface area contributed by atoms with Gasteiger partial charge in [0.15, 0.2) is 0 Å². The third-order valence-electron chi connectivity index (χ3n) is 4.92. The molecule has 1 heterocycles. The van der Waals surface area contributed by atoms with Crippen LogP contribution < -0.4 is 5.32 Å². The molecule has 1 aliphatic carbocycles. The van der Waals surface area contributed by atoms with Gasteiger partial charge in [0.1, 0.15) is 11.6 Å². The van der Waals surface area contributed by atoms with Crippen LogP contribution in [0.25, 0.3) is 0 Å². The van der Waals surface area contributed by atoms with Gasteiger partial charge in [-0.2, -0.15) is 0 Å². The highest BCUT2D eigenvalue weighted by atomic mass is 19.1. The summed E-state index contributed by atoms with van der Waals surface area (Å²) in [6.07, 6.45) is 2.21. The molecule has 2 aliphatic rings. The first-order valence-corrected chi connectivity index (χ1v) is 7.56. The third-order valence-corrected chi connectivity index (χ3v) is 4.92. The second-order valence-electron chi connectivity index (χ2n) is 6.05. The van der Waals surface area contributed by atoms with E-state index in [4.69, 9.17) is 0 Å². The molecule has 3 atom stereocenters. The average Bonchev–Trinajstić information content (AvgIpc) is 2.82. The van der Waals surface area contributed by atoms with E-state index in [0.717, 1.165) is 36.1 Å². The molecule has 0 amide bonds. The van der Waals surface area contributed by atoms with Gasteiger partial charge in [0, 0.05) is 12.0 Å². The van der Waals surface area contributed by atoms with Gasteiger partial charge in [0.25, 0.3) is 0 Å². The van der Waals surface area contributed by atoms with Crippen LogP contribution in [0.4, 0.5) is 4.39 Å². The van der Waals surface area contributed by atoms with Crippen molar-refractivity contribution in [1.82, 2.24) is 5.32 Å². The molecule has 0 bridgehead atoms. The van der Waals surface area contributed by atoms with Gasteiger partial charge in [-0.25, -0.2) is 4.39 Å². The van der Waals surface area contributed by atoms with Gasteiger partial charge >= 0.3 is 0 Å². The second kappa shape index (κ2) is 4.85. The molecule has 3 heteroatoms. The zero-order valence-electron chi connectivity index (χ0n) is 11.7. The second-order valence-corrected chi connectivity index (χ2v) is 6.05. The number of phenols is 1. The Labute approximate surface area is 123 Å². The van der Waals surface area contributed by atoms with E-state index in [0.29, 0.717) is 5.92 Å². The lowest BCUT2D eigenvalue weighted by molar-refractivity contribution is 0.284. The Morgan fingerprint density at radius 1 is 1.05 bits per heavy atom. The van der Waals surface area contributed by atoms with E-state index in [2.05, 4.69) is 5.32 Å². The Morgan fingerprint density at radius 2 is 1.90 bits per heavy atom. The maximum atomic E-state index is 14.3. The Bertz CT molecular complexity index is 685. The number of benzene rings is 2. The van der Waals surface area contributed by atoms with Crippen molar-refractivity contribution < 1.29 is 9.50 Å². The standard InChI is InChI=1S/C18H18FNO/c19-16-6-2-1-4-13(16)17-12-8-7-11(21)10-15(12)18-14(17)5-3-9-20-18/h1-2,4,6-8,10,14,17-18,20-21H,3,5,9H2. The van der Waals surface area contributed by atoms with E-state index in [1.54, 1.807) is 18.2 Å². The highest BCUT2D eigenvalue weighted by molar-refractivity contribution is 5.49. The Hall–Kier alpha value is -1.87. The molecule has 1 fully saturated rings. The summed E-state index contributed by atoms with van der Waals surface area (Å²) in [4.78, 5) is 0. The SMILES string of the molecule is Oc1ccc2c(c1)C1NCCCC1C2c1ccccc1F. The number of aromatic hydroxyl groups is 1. The normalized spacial score (nSPS) is 27.2. The fraction of sp³-hybridized carbons (Fsp3) is 0.333. The van der Waals surface area contributed by atoms with Crippen molar-refractivity contribution in [3.05, 3.63) is 65.0 Å². The molecule has 0 aromatic heterocycles. The molecule has 0 radical (unpaired) electrons. The van der Waals surface area contributed by atoms with Crippen molar-refractivity contribution in [2.24, 2.45) is 5.92 Å². The molecular formula is C18H18FNO. The molecular weight excluding hydrogens is 265 g/mol. The predicted molar refractivity (Wildman–Crippen MR) is 79.8 cm³/mol. The molecule has 0 saturated carbocycles. The van der Waals surface area contributed by atoms with Crippen LogP contribution in [-0.2, 0) is 0 Å². The van der Waals surface area contributed by atoms with Crippen molar-refractivity contribution in [1.29, 1.82) is 0 Å². The minimum absolute atomic E-state index is 0.0830. The van der Waals surface area contributed by atoms with E-state index >= 15 is 0 Å². The summed E-state index contributed by atoms with van der Waals surface area (Å²) in [6, 6.07) is 12.8. The van der Waals surface area contributed by atoms with Crippen LogP contribution in [0.3, 0.4) is 0 Å². The summed E-state index contributed by atoms with van der Waals surface area (Å²) in [5, 5.41) is 13.3. The van der Waals surface area contributed by atoms with Crippen molar-refractivity contribution in [3.63, 3.8) is 0 Å². The topological polar surface area (TPSA) is 32.3 Å². The molecule has 1 aliphatic heterocycles. The summed E-state index contributed by atoms with van der Waals surface area (Å²) < 4.78 is 14.3. The number of piperidine rings is 1. The molecule has 2 nitrogen and oxygen atoms in total. The minimum Gasteiger partial charge on any atom is -0.508 e. The Balaban J connectivity index is 1.89. The third kappa shape index (κ3) is 1.95. The van der Waals surface area contributed by atoms with E-state index in [9.17, 15) is 9.50 Å². The molecule has 0 spiro atoms. The van der Waals surface area contributed by atoms with E-state index < -0.39 is 0 Å². The van der Waals surface area contributed by atoms with Crippen LogP contribution >= 0.6 is 0 Å². The van der Waals surface area contributed by atoms with Crippen LogP contribution in [0, 0.1) is 11.7 Å². The molecule has 2 aromatic carbocycles. The van der Waals surface area contributed by atoms with Crippen molar-refractivity contribution in [2.75, 3.05) is 6.54 Å². The number of hydrogen-bond donors (Lipinski definition) is 2. The van der Waals surface area contributed by atoms with Crippen molar-refractivity contribution in [3.8, 4) is 5.75 Å². The maximum Gasteiger partial charge on any atom is 0.127 e. The average molecular weight is 283 g/mol. The van der Waals surface area contributed by atoms with Gasteiger partial charge in [-0.1, -0.05) is 24.3 Å². The van der Waals surface area contributed by atoms with Crippen LogP contribution in [0.15, 0.2) is 42.5 Å². The van der Waals surface area contributed by atoms with E-state index in [1.165, 1.54) is 0 Å². The zero-order valence-corrected chi connectivity index (χ0v) is 11.7. The monoisotopic (exact) mass is 283 g/mol. The van der Waals surface area contributed by atoms with Crippen molar-refractivity contribution >= 4 is 0 Å². The molecule has 2 N–H and O–H groups in total. The first-order chi connectivity index (χ1) is 10.3. The Morgan fingerprint density at radius 3 is 2.76 bits per heavy atom. The van der Waals surface area contributed by atoms with Gasteiger partial charge in [-0.05, 0) is 60.2 Å². The molecule has 2 aromatic rings. The van der Waals surface area contributed by atoms with Crippen LogP contribution in [0.1, 0.15) is 41.5 Å². The quantitative estimate of drug-likeness (QED) is 0.836. The van der Waals surface area contributed by atoms with Gasteiger partial charge in [0.2, 0.25) is 0 Å². The summed E-state index contributed by atoms with van der Waals surface area (Å²) >= 11 is 0.